The lowest BCUT2D eigenvalue weighted by molar-refractivity contribution is -0.131. The molecule has 0 atom stereocenters. The summed E-state index contributed by atoms with van der Waals surface area (Å²) in [5, 5.41) is 10.4. The molecule has 1 amide bonds. The Morgan fingerprint density at radius 1 is 1.22 bits per heavy atom. The third-order valence-electron chi connectivity index (χ3n) is 5.07. The van der Waals surface area contributed by atoms with E-state index in [2.05, 4.69) is 6.07 Å². The van der Waals surface area contributed by atoms with Gasteiger partial charge in [-0.25, -0.2) is 0 Å². The summed E-state index contributed by atoms with van der Waals surface area (Å²) < 4.78 is 11.5. The molecule has 3 aromatic rings. The maximum absolute atomic E-state index is 13.0. The minimum absolute atomic E-state index is 0.0269. The highest BCUT2D eigenvalue weighted by Crippen LogP contribution is 2.28. The fourth-order valence-electron chi connectivity index (χ4n) is 3.79. The lowest BCUT2D eigenvalue weighted by Gasteiger charge is -2.20. The highest BCUT2D eigenvalue weighted by molar-refractivity contribution is 5.90. The van der Waals surface area contributed by atoms with Gasteiger partial charge in [-0.15, -0.1) is 0 Å². The average molecular weight is 365 g/mol. The first-order valence-electron chi connectivity index (χ1n) is 9.15. The molecule has 27 heavy (non-hydrogen) atoms. The third-order valence-corrected chi connectivity index (χ3v) is 5.07. The molecule has 5 heteroatoms. The van der Waals surface area contributed by atoms with Gasteiger partial charge in [0, 0.05) is 23.1 Å². The fourth-order valence-corrected chi connectivity index (χ4v) is 3.79. The Bertz CT molecular complexity index is 1000. The first kappa shape index (κ1) is 17.6. The summed E-state index contributed by atoms with van der Waals surface area (Å²) in [4.78, 5) is 14.8. The maximum atomic E-state index is 13.0. The van der Waals surface area contributed by atoms with Gasteiger partial charge in [0.05, 0.1) is 25.8 Å². The van der Waals surface area contributed by atoms with Crippen molar-refractivity contribution in [1.29, 1.82) is 0 Å². The van der Waals surface area contributed by atoms with Crippen LogP contribution >= 0.6 is 0 Å². The normalized spacial score (nSPS) is 14.0. The van der Waals surface area contributed by atoms with Gasteiger partial charge in [-0.3, -0.25) is 4.79 Å². The van der Waals surface area contributed by atoms with Gasteiger partial charge >= 0.3 is 0 Å². The Balaban J connectivity index is 1.58. The van der Waals surface area contributed by atoms with Crippen LogP contribution in [-0.2, 0) is 24.4 Å². The first-order chi connectivity index (χ1) is 13.0. The Kier molecular flexibility index (Phi) is 4.62. The number of fused-ring (bicyclic) bond motifs is 2. The lowest BCUT2D eigenvalue weighted by atomic mass is 10.0. The van der Waals surface area contributed by atoms with Crippen molar-refractivity contribution in [2.45, 2.75) is 33.4 Å². The van der Waals surface area contributed by atoms with Gasteiger partial charge in [0.15, 0.2) is 0 Å². The van der Waals surface area contributed by atoms with Crippen LogP contribution in [0.2, 0.25) is 0 Å². The first-order valence-corrected chi connectivity index (χ1v) is 9.15. The molecular weight excluding hydrogens is 342 g/mol. The number of nitrogens with zero attached hydrogens (tertiary/aromatic N) is 1. The van der Waals surface area contributed by atoms with Crippen molar-refractivity contribution in [2.75, 3.05) is 13.2 Å². The number of furan rings is 1. The van der Waals surface area contributed by atoms with Crippen molar-refractivity contribution in [1.82, 2.24) is 4.90 Å². The number of aliphatic hydroxyl groups is 1. The quantitative estimate of drug-likeness (QED) is 0.772. The van der Waals surface area contributed by atoms with Gasteiger partial charge in [0.2, 0.25) is 5.91 Å². The molecule has 0 bridgehead atoms. The van der Waals surface area contributed by atoms with Crippen LogP contribution in [0, 0.1) is 13.8 Å². The van der Waals surface area contributed by atoms with Crippen LogP contribution in [0.1, 0.15) is 27.8 Å². The smallest absolute Gasteiger partial charge is 0.227 e. The van der Waals surface area contributed by atoms with E-state index < -0.39 is 0 Å². The van der Waals surface area contributed by atoms with E-state index in [4.69, 9.17) is 9.15 Å². The number of carbonyl (C=O) groups excluding carboxylic acids is 1. The zero-order valence-corrected chi connectivity index (χ0v) is 15.6. The molecule has 2 aromatic carbocycles. The summed E-state index contributed by atoms with van der Waals surface area (Å²) in [6.07, 6.45) is 1.99. The molecule has 5 nitrogen and oxygen atoms in total. The van der Waals surface area contributed by atoms with Gasteiger partial charge in [0.1, 0.15) is 17.9 Å². The van der Waals surface area contributed by atoms with Crippen LogP contribution < -0.4 is 4.74 Å². The molecule has 0 saturated carbocycles. The Morgan fingerprint density at radius 2 is 2.07 bits per heavy atom. The van der Waals surface area contributed by atoms with E-state index >= 15 is 0 Å². The molecule has 140 valence electrons. The number of hydrogen-bond donors (Lipinski definition) is 1. The number of aryl methyl sites for hydroxylation is 2. The summed E-state index contributed by atoms with van der Waals surface area (Å²) in [5.74, 6) is 0.825. The van der Waals surface area contributed by atoms with E-state index in [9.17, 15) is 9.90 Å². The zero-order chi connectivity index (χ0) is 19.0. The number of benzene rings is 2. The fraction of sp³-hybridized carbons (Fsp3) is 0.318. The van der Waals surface area contributed by atoms with Crippen molar-refractivity contribution in [3.63, 3.8) is 0 Å². The molecule has 1 aromatic heterocycles. The van der Waals surface area contributed by atoms with E-state index in [-0.39, 0.29) is 12.5 Å². The number of ether oxygens (including phenoxy) is 1. The highest BCUT2D eigenvalue weighted by Gasteiger charge is 2.22. The van der Waals surface area contributed by atoms with E-state index in [1.807, 2.05) is 43.0 Å². The highest BCUT2D eigenvalue weighted by atomic mass is 16.5. The number of hydrogen-bond acceptors (Lipinski definition) is 4. The Morgan fingerprint density at radius 3 is 2.89 bits per heavy atom. The molecule has 1 aliphatic rings. The van der Waals surface area contributed by atoms with Gasteiger partial charge in [-0.1, -0.05) is 12.1 Å². The molecule has 0 unspecified atom stereocenters. The number of rotatable bonds is 3. The topological polar surface area (TPSA) is 62.9 Å². The molecule has 0 saturated heterocycles. The van der Waals surface area contributed by atoms with Crippen molar-refractivity contribution >= 4 is 16.9 Å². The average Bonchev–Trinajstić information content (AvgIpc) is 2.91. The molecule has 4 rings (SSSR count). The molecule has 0 aliphatic carbocycles. The van der Waals surface area contributed by atoms with Crippen molar-refractivity contribution in [3.05, 3.63) is 64.4 Å². The number of aliphatic hydroxyl groups excluding tert-OH is 1. The van der Waals surface area contributed by atoms with E-state index in [0.29, 0.717) is 26.1 Å². The molecular formula is C22H23NO4. The molecule has 1 aliphatic heterocycles. The minimum atomic E-state index is -0.0269. The van der Waals surface area contributed by atoms with E-state index in [1.54, 1.807) is 6.26 Å². The number of amides is 1. The van der Waals surface area contributed by atoms with Gasteiger partial charge in [-0.2, -0.15) is 0 Å². The van der Waals surface area contributed by atoms with Crippen LogP contribution in [-0.4, -0.2) is 29.1 Å². The third kappa shape index (κ3) is 3.43. The molecule has 0 radical (unpaired) electrons. The summed E-state index contributed by atoms with van der Waals surface area (Å²) in [5.41, 5.74) is 5.76. The van der Waals surface area contributed by atoms with Crippen LogP contribution in [0.5, 0.6) is 5.75 Å². The number of carbonyl (C=O) groups is 1. The molecule has 1 N–H and O–H groups in total. The van der Waals surface area contributed by atoms with Crippen molar-refractivity contribution < 1.29 is 19.1 Å². The molecule has 0 fully saturated rings. The summed E-state index contributed by atoms with van der Waals surface area (Å²) in [7, 11) is 0. The predicted molar refractivity (Wildman–Crippen MR) is 103 cm³/mol. The largest absolute Gasteiger partial charge is 0.491 e. The van der Waals surface area contributed by atoms with Crippen molar-refractivity contribution in [3.8, 4) is 5.75 Å². The van der Waals surface area contributed by atoms with Crippen LogP contribution in [0.15, 0.2) is 41.0 Å². The lowest BCUT2D eigenvalue weighted by Crippen LogP contribution is -2.33. The SMILES string of the molecule is Cc1cc(C)c2c(CC(=O)N3CCOc4ccc(CO)cc4C3)coc2c1. The van der Waals surface area contributed by atoms with Crippen LogP contribution in [0.4, 0.5) is 0 Å². The van der Waals surface area contributed by atoms with Crippen molar-refractivity contribution in [2.24, 2.45) is 0 Å². The van der Waals surface area contributed by atoms with Gasteiger partial charge in [0.25, 0.3) is 0 Å². The summed E-state index contributed by atoms with van der Waals surface area (Å²) in [6.45, 7) is 5.54. The maximum Gasteiger partial charge on any atom is 0.227 e. The van der Waals surface area contributed by atoms with Gasteiger partial charge < -0.3 is 19.2 Å². The molecule has 2 heterocycles. The standard InChI is InChI=1S/C22H23NO4/c1-14-7-15(2)22-18(13-27-20(22)8-14)10-21(25)23-5-6-26-19-4-3-16(12-24)9-17(19)11-23/h3-4,7-9,13,24H,5-6,10-12H2,1-2H3. The van der Waals surface area contributed by atoms with Crippen LogP contribution in [0.3, 0.4) is 0 Å². The second kappa shape index (κ2) is 7.08. The Labute approximate surface area is 158 Å². The second-order valence-electron chi connectivity index (χ2n) is 7.16. The predicted octanol–water partition coefficient (Wildman–Crippen LogP) is 3.51. The van der Waals surface area contributed by atoms with E-state index in [0.717, 1.165) is 44.5 Å². The van der Waals surface area contributed by atoms with Crippen LogP contribution in [0.25, 0.3) is 11.0 Å². The Hall–Kier alpha value is -2.79. The summed E-state index contributed by atoms with van der Waals surface area (Å²) >= 11 is 0. The van der Waals surface area contributed by atoms with E-state index in [1.165, 1.54) is 0 Å². The molecule has 0 spiro atoms. The zero-order valence-electron chi connectivity index (χ0n) is 15.6. The second-order valence-corrected chi connectivity index (χ2v) is 7.16. The monoisotopic (exact) mass is 365 g/mol. The minimum Gasteiger partial charge on any atom is -0.491 e. The van der Waals surface area contributed by atoms with Gasteiger partial charge in [-0.05, 0) is 48.7 Å². The summed E-state index contributed by atoms with van der Waals surface area (Å²) in [6, 6.07) is 9.73.